The average Bonchev–Trinajstić information content (AvgIpc) is 3.18. The van der Waals surface area contributed by atoms with Crippen molar-refractivity contribution in [3.63, 3.8) is 0 Å². The standard InChI is InChI=1S/C32H48O4/c1-21(2)22(3)9-10-24(5)28-15-16-29-25(8-7-19-32(28,29)6)12-13-26-20-27(14-11-23(26)4)36-31(35)18-17-30(33)34/h9-10,12-13,21-22,24,27-29H,4,7-8,11,14-20H2,1-3,5-6H3,(H,33,34)/t22-,24+,27-,28+,29?,32+/m0/s1. The molecule has 1 N–H and O–H groups in total. The highest BCUT2D eigenvalue weighted by Crippen LogP contribution is 2.59. The molecule has 0 bridgehead atoms. The molecule has 3 saturated carbocycles. The Morgan fingerprint density at radius 2 is 1.83 bits per heavy atom. The van der Waals surface area contributed by atoms with Gasteiger partial charge >= 0.3 is 11.9 Å². The lowest BCUT2D eigenvalue weighted by atomic mass is 9.61. The van der Waals surface area contributed by atoms with E-state index in [9.17, 15) is 9.59 Å². The topological polar surface area (TPSA) is 63.6 Å². The van der Waals surface area contributed by atoms with Crippen molar-refractivity contribution in [1.82, 2.24) is 0 Å². The lowest BCUT2D eigenvalue weighted by molar-refractivity contribution is -0.152. The summed E-state index contributed by atoms with van der Waals surface area (Å²) in [5.41, 5.74) is 4.24. The summed E-state index contributed by atoms with van der Waals surface area (Å²) in [6, 6.07) is 0. The molecule has 3 aliphatic rings. The fraction of sp³-hybridized carbons (Fsp3) is 0.688. The van der Waals surface area contributed by atoms with E-state index in [2.05, 4.69) is 65.5 Å². The summed E-state index contributed by atoms with van der Waals surface area (Å²) in [5.74, 6) is 1.89. The second-order valence-electron chi connectivity index (χ2n) is 12.2. The van der Waals surface area contributed by atoms with Gasteiger partial charge in [-0.3, -0.25) is 9.59 Å². The van der Waals surface area contributed by atoms with Crippen LogP contribution in [0.2, 0.25) is 0 Å². The molecule has 0 aromatic heterocycles. The Labute approximate surface area is 219 Å². The third-order valence-electron chi connectivity index (χ3n) is 9.45. The maximum atomic E-state index is 12.0. The number of carboxylic acid groups (broad SMARTS) is 1. The van der Waals surface area contributed by atoms with E-state index < -0.39 is 11.9 Å². The Bertz CT molecular complexity index is 907. The number of hydrogen-bond acceptors (Lipinski definition) is 3. The zero-order valence-electron chi connectivity index (χ0n) is 23.2. The van der Waals surface area contributed by atoms with Crippen LogP contribution in [0.15, 0.2) is 47.6 Å². The average molecular weight is 497 g/mol. The monoisotopic (exact) mass is 496 g/mol. The second kappa shape index (κ2) is 12.4. The van der Waals surface area contributed by atoms with Gasteiger partial charge in [-0.1, -0.05) is 76.6 Å². The Morgan fingerprint density at radius 3 is 2.53 bits per heavy atom. The molecule has 36 heavy (non-hydrogen) atoms. The predicted octanol–water partition coefficient (Wildman–Crippen LogP) is 8.06. The van der Waals surface area contributed by atoms with E-state index in [1.54, 1.807) is 5.57 Å². The van der Waals surface area contributed by atoms with E-state index in [-0.39, 0.29) is 18.9 Å². The van der Waals surface area contributed by atoms with Gasteiger partial charge in [0.25, 0.3) is 0 Å². The molecular weight excluding hydrogens is 448 g/mol. The smallest absolute Gasteiger partial charge is 0.306 e. The number of ether oxygens (including phenoxy) is 1. The SMILES string of the molecule is C=C1CC[C@H](OC(=O)CCC(=O)O)CC1=CC=C1CCC[C@@]2(C)C1CC[C@@H]2[C@H](C)C=C[C@H](C)C(C)C. The van der Waals surface area contributed by atoms with Gasteiger partial charge in [-0.15, -0.1) is 0 Å². The highest BCUT2D eigenvalue weighted by atomic mass is 16.5. The van der Waals surface area contributed by atoms with Gasteiger partial charge in [0.2, 0.25) is 0 Å². The quantitative estimate of drug-likeness (QED) is 0.259. The minimum absolute atomic E-state index is 0.0682. The van der Waals surface area contributed by atoms with Crippen LogP contribution in [0, 0.1) is 35.0 Å². The van der Waals surface area contributed by atoms with Crippen molar-refractivity contribution in [2.75, 3.05) is 0 Å². The molecule has 4 nitrogen and oxygen atoms in total. The van der Waals surface area contributed by atoms with Crippen molar-refractivity contribution >= 4 is 11.9 Å². The van der Waals surface area contributed by atoms with Crippen LogP contribution in [0.5, 0.6) is 0 Å². The number of esters is 1. The van der Waals surface area contributed by atoms with Crippen LogP contribution >= 0.6 is 0 Å². The number of hydrogen-bond donors (Lipinski definition) is 1. The van der Waals surface area contributed by atoms with Crippen molar-refractivity contribution in [2.24, 2.45) is 35.0 Å². The number of carbonyl (C=O) groups is 2. The van der Waals surface area contributed by atoms with Gasteiger partial charge in [0.15, 0.2) is 0 Å². The van der Waals surface area contributed by atoms with Gasteiger partial charge < -0.3 is 9.84 Å². The van der Waals surface area contributed by atoms with Gasteiger partial charge in [-0.2, -0.15) is 0 Å². The van der Waals surface area contributed by atoms with Crippen LogP contribution < -0.4 is 0 Å². The van der Waals surface area contributed by atoms with Crippen molar-refractivity contribution in [2.45, 2.75) is 105 Å². The first-order valence-corrected chi connectivity index (χ1v) is 14.2. The molecule has 0 aromatic carbocycles. The number of aliphatic carboxylic acids is 1. The summed E-state index contributed by atoms with van der Waals surface area (Å²) < 4.78 is 5.58. The highest BCUT2D eigenvalue weighted by Gasteiger charge is 2.50. The normalized spacial score (nSPS) is 32.7. The largest absolute Gasteiger partial charge is 0.481 e. The molecule has 6 atom stereocenters. The summed E-state index contributed by atoms with van der Waals surface area (Å²) in [4.78, 5) is 22.8. The first-order chi connectivity index (χ1) is 17.0. The molecule has 0 radical (unpaired) electrons. The zero-order valence-corrected chi connectivity index (χ0v) is 23.2. The van der Waals surface area contributed by atoms with E-state index in [1.807, 2.05) is 0 Å². The third-order valence-corrected chi connectivity index (χ3v) is 9.45. The van der Waals surface area contributed by atoms with Crippen LogP contribution in [0.1, 0.15) is 98.8 Å². The first-order valence-electron chi connectivity index (χ1n) is 14.2. The minimum atomic E-state index is -0.972. The van der Waals surface area contributed by atoms with Crippen LogP contribution in [-0.4, -0.2) is 23.1 Å². The van der Waals surface area contributed by atoms with Gasteiger partial charge in [-0.25, -0.2) is 0 Å². The van der Waals surface area contributed by atoms with Crippen molar-refractivity contribution in [3.05, 3.63) is 47.6 Å². The summed E-state index contributed by atoms with van der Waals surface area (Å²) in [5, 5.41) is 8.80. The molecule has 4 heteroatoms. The maximum Gasteiger partial charge on any atom is 0.306 e. The van der Waals surface area contributed by atoms with Gasteiger partial charge in [0, 0.05) is 6.42 Å². The molecule has 3 fully saturated rings. The second-order valence-corrected chi connectivity index (χ2v) is 12.2. The predicted molar refractivity (Wildman–Crippen MR) is 146 cm³/mol. The zero-order chi connectivity index (χ0) is 26.5. The van der Waals surface area contributed by atoms with Gasteiger partial charge in [0.1, 0.15) is 6.10 Å². The number of rotatable bonds is 9. The highest BCUT2D eigenvalue weighted by molar-refractivity contribution is 5.76. The minimum Gasteiger partial charge on any atom is -0.481 e. The molecular formula is C32H48O4. The molecule has 0 saturated heterocycles. The molecule has 200 valence electrons. The van der Waals surface area contributed by atoms with E-state index in [0.29, 0.717) is 35.5 Å². The Kier molecular flexibility index (Phi) is 9.83. The molecule has 3 aliphatic carbocycles. The summed E-state index contributed by atoms with van der Waals surface area (Å²) >= 11 is 0. The fourth-order valence-corrected chi connectivity index (χ4v) is 6.79. The number of allylic oxidation sites excluding steroid dienone is 6. The molecule has 0 aliphatic heterocycles. The lowest BCUT2D eigenvalue weighted by Gasteiger charge is -2.44. The Hall–Kier alpha value is -2.10. The Morgan fingerprint density at radius 1 is 1.08 bits per heavy atom. The lowest BCUT2D eigenvalue weighted by Crippen LogP contribution is -2.35. The maximum absolute atomic E-state index is 12.0. The summed E-state index contributed by atoms with van der Waals surface area (Å²) in [6.07, 6.45) is 17.7. The fourth-order valence-electron chi connectivity index (χ4n) is 6.79. The van der Waals surface area contributed by atoms with E-state index in [0.717, 1.165) is 24.3 Å². The molecule has 0 heterocycles. The summed E-state index contributed by atoms with van der Waals surface area (Å²) in [7, 11) is 0. The van der Waals surface area contributed by atoms with Gasteiger partial charge in [0.05, 0.1) is 12.8 Å². The molecule has 0 amide bonds. The Balaban J connectivity index is 1.68. The van der Waals surface area contributed by atoms with Gasteiger partial charge in [-0.05, 0) is 85.5 Å². The molecule has 0 spiro atoms. The number of fused-ring (bicyclic) bond motifs is 1. The number of carbonyl (C=O) groups excluding carboxylic acids is 1. The van der Waals surface area contributed by atoms with Crippen LogP contribution in [-0.2, 0) is 14.3 Å². The van der Waals surface area contributed by atoms with Crippen LogP contribution in [0.4, 0.5) is 0 Å². The van der Waals surface area contributed by atoms with E-state index in [1.165, 1.54) is 37.7 Å². The first kappa shape index (κ1) is 28.5. The van der Waals surface area contributed by atoms with E-state index >= 15 is 0 Å². The third kappa shape index (κ3) is 7.01. The van der Waals surface area contributed by atoms with E-state index in [4.69, 9.17) is 9.84 Å². The van der Waals surface area contributed by atoms with Crippen LogP contribution in [0.3, 0.4) is 0 Å². The number of carboxylic acids is 1. The summed E-state index contributed by atoms with van der Waals surface area (Å²) in [6.45, 7) is 16.2. The van der Waals surface area contributed by atoms with Crippen LogP contribution in [0.25, 0.3) is 0 Å². The van der Waals surface area contributed by atoms with Crippen molar-refractivity contribution < 1.29 is 19.4 Å². The van der Waals surface area contributed by atoms with Crippen molar-refractivity contribution in [1.29, 1.82) is 0 Å². The van der Waals surface area contributed by atoms with Crippen molar-refractivity contribution in [3.8, 4) is 0 Å². The molecule has 1 unspecified atom stereocenters. The molecule has 0 aromatic rings. The molecule has 3 rings (SSSR count).